The summed E-state index contributed by atoms with van der Waals surface area (Å²) in [6, 6.07) is 9.04. The number of ether oxygens (including phenoxy) is 1. The van der Waals surface area contributed by atoms with Gasteiger partial charge in [0.2, 0.25) is 0 Å². The van der Waals surface area contributed by atoms with Crippen LogP contribution in [0.1, 0.15) is 18.4 Å². The number of hydrogen-bond acceptors (Lipinski definition) is 2. The normalized spacial score (nSPS) is 31.6. The molecule has 1 saturated carbocycles. The van der Waals surface area contributed by atoms with Gasteiger partial charge in [0, 0.05) is 15.9 Å². The molecule has 86 valence electrons. The molecule has 3 rings (SSSR count). The molecule has 3 heteroatoms. The molecule has 2 N–H and O–H groups in total. The van der Waals surface area contributed by atoms with Crippen LogP contribution in [0.5, 0.6) is 0 Å². The maximum Gasteiger partial charge on any atom is 0.0588 e. The molecule has 0 spiro atoms. The van der Waals surface area contributed by atoms with Crippen LogP contribution < -0.4 is 5.73 Å². The second kappa shape index (κ2) is 3.83. The summed E-state index contributed by atoms with van der Waals surface area (Å²) in [5.74, 6) is 0.713. The van der Waals surface area contributed by atoms with Crippen LogP contribution in [0.2, 0.25) is 0 Å². The highest BCUT2D eigenvalue weighted by Gasteiger charge is 2.51. The van der Waals surface area contributed by atoms with E-state index in [2.05, 4.69) is 40.2 Å². The first-order valence-electron chi connectivity index (χ1n) is 5.80. The van der Waals surface area contributed by atoms with Crippen LogP contribution >= 0.6 is 15.9 Å². The molecule has 2 fully saturated rings. The highest BCUT2D eigenvalue weighted by molar-refractivity contribution is 9.10. The average molecular weight is 282 g/mol. The van der Waals surface area contributed by atoms with Crippen molar-refractivity contribution in [2.75, 3.05) is 13.2 Å². The van der Waals surface area contributed by atoms with Gasteiger partial charge in [-0.3, -0.25) is 0 Å². The first-order chi connectivity index (χ1) is 7.71. The van der Waals surface area contributed by atoms with Crippen LogP contribution in [0.3, 0.4) is 0 Å². The van der Waals surface area contributed by atoms with Gasteiger partial charge < -0.3 is 10.5 Å². The van der Waals surface area contributed by atoms with E-state index in [9.17, 15) is 0 Å². The Morgan fingerprint density at radius 3 is 2.56 bits per heavy atom. The second-order valence-corrected chi connectivity index (χ2v) is 6.00. The van der Waals surface area contributed by atoms with Crippen molar-refractivity contribution < 1.29 is 4.74 Å². The second-order valence-electron chi connectivity index (χ2n) is 5.09. The van der Waals surface area contributed by atoms with Crippen molar-refractivity contribution >= 4 is 15.9 Å². The molecular weight excluding hydrogens is 266 g/mol. The van der Waals surface area contributed by atoms with Gasteiger partial charge in [0.25, 0.3) is 0 Å². The molecule has 1 aliphatic carbocycles. The average Bonchev–Trinajstić information content (AvgIpc) is 2.13. The van der Waals surface area contributed by atoms with Crippen molar-refractivity contribution in [2.45, 2.75) is 24.3 Å². The molecule has 0 bridgehead atoms. The molecule has 16 heavy (non-hydrogen) atoms. The van der Waals surface area contributed by atoms with Gasteiger partial charge in [-0.25, -0.2) is 0 Å². The molecule has 1 aromatic rings. The number of hydrogen-bond donors (Lipinski definition) is 1. The Labute approximate surface area is 104 Å². The summed E-state index contributed by atoms with van der Waals surface area (Å²) in [6.45, 7) is 1.72. The van der Waals surface area contributed by atoms with Crippen LogP contribution in [0.25, 0.3) is 0 Å². The van der Waals surface area contributed by atoms with Crippen LogP contribution in [-0.4, -0.2) is 19.3 Å². The van der Waals surface area contributed by atoms with Gasteiger partial charge in [0.15, 0.2) is 0 Å². The van der Waals surface area contributed by atoms with E-state index in [1.807, 2.05) is 0 Å². The summed E-state index contributed by atoms with van der Waals surface area (Å²) in [7, 11) is 0. The minimum Gasteiger partial charge on any atom is -0.379 e. The van der Waals surface area contributed by atoms with Crippen molar-refractivity contribution in [2.24, 2.45) is 11.7 Å². The largest absolute Gasteiger partial charge is 0.379 e. The van der Waals surface area contributed by atoms with Crippen LogP contribution in [0.15, 0.2) is 28.7 Å². The third-order valence-electron chi connectivity index (χ3n) is 4.07. The zero-order valence-corrected chi connectivity index (χ0v) is 10.7. The van der Waals surface area contributed by atoms with Gasteiger partial charge in [-0.05, 0) is 36.5 Å². The zero-order valence-electron chi connectivity index (χ0n) is 9.16. The fourth-order valence-electron chi connectivity index (χ4n) is 2.87. The monoisotopic (exact) mass is 281 g/mol. The molecule has 0 amide bonds. The topological polar surface area (TPSA) is 35.2 Å². The smallest absolute Gasteiger partial charge is 0.0588 e. The fourth-order valence-corrected chi connectivity index (χ4v) is 3.27. The Hall–Kier alpha value is -0.380. The first-order valence-corrected chi connectivity index (χ1v) is 6.59. The van der Waals surface area contributed by atoms with E-state index in [1.165, 1.54) is 5.56 Å². The molecule has 1 aromatic carbocycles. The summed E-state index contributed by atoms with van der Waals surface area (Å²) < 4.78 is 6.62. The van der Waals surface area contributed by atoms with Gasteiger partial charge >= 0.3 is 0 Å². The number of halogens is 1. The van der Waals surface area contributed by atoms with E-state index in [1.54, 1.807) is 0 Å². The van der Waals surface area contributed by atoms with E-state index in [0.717, 1.165) is 30.5 Å². The zero-order chi connectivity index (χ0) is 11.2. The first kappa shape index (κ1) is 10.8. The van der Waals surface area contributed by atoms with Gasteiger partial charge in [0.1, 0.15) is 0 Å². The minimum absolute atomic E-state index is 0.250. The van der Waals surface area contributed by atoms with Crippen molar-refractivity contribution in [3.05, 3.63) is 34.3 Å². The van der Waals surface area contributed by atoms with E-state index in [-0.39, 0.29) is 5.41 Å². The summed E-state index contributed by atoms with van der Waals surface area (Å²) in [6.07, 6.45) is 2.30. The molecule has 0 atom stereocenters. The van der Waals surface area contributed by atoms with E-state index >= 15 is 0 Å². The predicted octanol–water partition coefficient (Wildman–Crippen LogP) is 2.45. The summed E-state index contributed by atoms with van der Waals surface area (Å²) in [4.78, 5) is 0. The highest BCUT2D eigenvalue weighted by Crippen LogP contribution is 2.48. The van der Waals surface area contributed by atoms with Crippen molar-refractivity contribution in [3.63, 3.8) is 0 Å². The van der Waals surface area contributed by atoms with Crippen LogP contribution in [-0.2, 0) is 10.2 Å². The number of benzene rings is 1. The van der Waals surface area contributed by atoms with Crippen molar-refractivity contribution in [3.8, 4) is 0 Å². The van der Waals surface area contributed by atoms with Gasteiger partial charge in [-0.15, -0.1) is 0 Å². The Morgan fingerprint density at radius 2 is 2.06 bits per heavy atom. The third-order valence-corrected chi connectivity index (χ3v) is 4.57. The molecule has 1 aliphatic heterocycles. The number of nitrogens with two attached hydrogens (primary N) is 1. The fraction of sp³-hybridized carbons (Fsp3) is 0.538. The summed E-state index contributed by atoms with van der Waals surface area (Å²) >= 11 is 3.54. The van der Waals surface area contributed by atoms with E-state index in [0.29, 0.717) is 12.0 Å². The SMILES string of the molecule is NC1CC(C2(c3cccc(Br)c3)COC2)C1. The molecule has 0 unspecified atom stereocenters. The Kier molecular flexibility index (Phi) is 2.57. The van der Waals surface area contributed by atoms with Crippen LogP contribution in [0, 0.1) is 5.92 Å². The van der Waals surface area contributed by atoms with E-state index < -0.39 is 0 Å². The molecule has 1 saturated heterocycles. The molecule has 0 radical (unpaired) electrons. The third kappa shape index (κ3) is 1.53. The molecule has 1 heterocycles. The van der Waals surface area contributed by atoms with Crippen molar-refractivity contribution in [1.29, 1.82) is 0 Å². The molecule has 2 nitrogen and oxygen atoms in total. The maximum atomic E-state index is 5.90. The lowest BCUT2D eigenvalue weighted by atomic mass is 9.59. The van der Waals surface area contributed by atoms with Gasteiger partial charge in [0.05, 0.1) is 13.2 Å². The van der Waals surface area contributed by atoms with Gasteiger partial charge in [-0.1, -0.05) is 28.1 Å². The lowest BCUT2D eigenvalue weighted by molar-refractivity contribution is -0.111. The Balaban J connectivity index is 1.90. The molecule has 2 aliphatic rings. The summed E-state index contributed by atoms with van der Waals surface area (Å²) in [5, 5.41) is 0. The molecule has 0 aromatic heterocycles. The number of rotatable bonds is 2. The van der Waals surface area contributed by atoms with E-state index in [4.69, 9.17) is 10.5 Å². The minimum atomic E-state index is 0.250. The van der Waals surface area contributed by atoms with Crippen LogP contribution in [0.4, 0.5) is 0 Å². The maximum absolute atomic E-state index is 5.90. The quantitative estimate of drug-likeness (QED) is 0.904. The Morgan fingerprint density at radius 1 is 1.31 bits per heavy atom. The van der Waals surface area contributed by atoms with Crippen molar-refractivity contribution in [1.82, 2.24) is 0 Å². The Bertz CT molecular complexity index is 397. The molecular formula is C13H16BrNO. The van der Waals surface area contributed by atoms with Gasteiger partial charge in [-0.2, -0.15) is 0 Å². The highest BCUT2D eigenvalue weighted by atomic mass is 79.9. The lowest BCUT2D eigenvalue weighted by Crippen LogP contribution is -2.58. The lowest BCUT2D eigenvalue weighted by Gasteiger charge is -2.53. The summed E-state index contributed by atoms with van der Waals surface area (Å²) in [5.41, 5.74) is 7.56. The predicted molar refractivity (Wildman–Crippen MR) is 67.3 cm³/mol. The standard InChI is InChI=1S/C13H16BrNO/c14-11-3-1-2-9(4-11)13(7-16-8-13)10-5-12(15)6-10/h1-4,10,12H,5-8,15H2.